The Balaban J connectivity index is 2.19. The molecule has 2 rings (SSSR count). The Bertz CT molecular complexity index is 809. The van der Waals surface area contributed by atoms with E-state index in [-0.39, 0.29) is 35.1 Å². The average Bonchev–Trinajstić information content (AvgIpc) is 3.01. The van der Waals surface area contributed by atoms with Gasteiger partial charge in [-0.2, -0.15) is 0 Å². The van der Waals surface area contributed by atoms with Crippen LogP contribution in [0.3, 0.4) is 0 Å². The number of ketones is 1. The Morgan fingerprint density at radius 3 is 2.19 bits per heavy atom. The van der Waals surface area contributed by atoms with Gasteiger partial charge in [-0.15, -0.1) is 0 Å². The molecule has 0 aromatic heterocycles. The number of amides is 1. The molecular formula is C24H38N2O4Si. The molecule has 1 aromatic rings. The average molecular weight is 447 g/mol. The van der Waals surface area contributed by atoms with E-state index in [1.54, 1.807) is 29.2 Å². The minimum Gasteiger partial charge on any atom is -0.444 e. The lowest BCUT2D eigenvalue weighted by Crippen LogP contribution is -2.45. The molecule has 1 N–H and O–H groups in total. The normalized spacial score (nSPS) is 19.9. The number of nitrogens with one attached hydrogen (secondary N) is 1. The Morgan fingerprint density at radius 1 is 1.10 bits per heavy atom. The van der Waals surface area contributed by atoms with Crippen molar-refractivity contribution in [1.82, 2.24) is 4.90 Å². The molecule has 0 aliphatic carbocycles. The third-order valence-corrected chi connectivity index (χ3v) is 10.6. The summed E-state index contributed by atoms with van der Waals surface area (Å²) in [5.41, 5.74) is -0.131. The van der Waals surface area contributed by atoms with Gasteiger partial charge < -0.3 is 19.5 Å². The van der Waals surface area contributed by atoms with E-state index in [0.717, 1.165) is 0 Å². The lowest BCUT2D eigenvalue weighted by atomic mass is 10.00. The van der Waals surface area contributed by atoms with Crippen molar-refractivity contribution in [2.45, 2.75) is 90.3 Å². The number of ether oxygens (including phenoxy) is 1. The van der Waals surface area contributed by atoms with Crippen LogP contribution in [0.2, 0.25) is 18.1 Å². The van der Waals surface area contributed by atoms with Gasteiger partial charge >= 0.3 is 6.09 Å². The maximum atomic E-state index is 12.9. The molecule has 0 unspecified atom stereocenters. The number of Topliss-reactive ketones (excluding diaryl/α,β-unsaturated/α-hetero) is 1. The van der Waals surface area contributed by atoms with Crippen LogP contribution < -0.4 is 0 Å². The van der Waals surface area contributed by atoms with Gasteiger partial charge in [-0.3, -0.25) is 4.79 Å². The summed E-state index contributed by atoms with van der Waals surface area (Å²) in [6.07, 6.45) is 0.234. The fraction of sp³-hybridized carbons (Fsp3) is 0.625. The van der Waals surface area contributed by atoms with Crippen LogP contribution in [0.25, 0.3) is 0 Å². The Labute approximate surface area is 187 Å². The lowest BCUT2D eigenvalue weighted by molar-refractivity contribution is 0.0214. The molecule has 31 heavy (non-hydrogen) atoms. The number of benzene rings is 1. The van der Waals surface area contributed by atoms with E-state index in [1.807, 2.05) is 26.8 Å². The highest BCUT2D eigenvalue weighted by Gasteiger charge is 2.44. The zero-order valence-corrected chi connectivity index (χ0v) is 21.2. The number of carbonyl (C=O) groups is 2. The van der Waals surface area contributed by atoms with E-state index in [2.05, 4.69) is 33.9 Å². The van der Waals surface area contributed by atoms with E-state index < -0.39 is 20.0 Å². The summed E-state index contributed by atoms with van der Waals surface area (Å²) < 4.78 is 12.2. The summed E-state index contributed by atoms with van der Waals surface area (Å²) in [7, 11) is -2.02. The Morgan fingerprint density at radius 2 is 1.68 bits per heavy atom. The Hall–Kier alpha value is -1.99. The van der Waals surface area contributed by atoms with Gasteiger partial charge in [-0.25, -0.2) is 4.79 Å². The maximum absolute atomic E-state index is 12.9. The second-order valence-corrected chi connectivity index (χ2v) is 15.7. The second kappa shape index (κ2) is 9.24. The van der Waals surface area contributed by atoms with E-state index >= 15 is 0 Å². The van der Waals surface area contributed by atoms with Crippen LogP contribution in [-0.4, -0.2) is 55.1 Å². The number of hydrogen-bond donors (Lipinski definition) is 1. The summed E-state index contributed by atoms with van der Waals surface area (Å²) in [6.45, 7) is 16.9. The fourth-order valence-corrected chi connectivity index (χ4v) is 4.74. The van der Waals surface area contributed by atoms with Gasteiger partial charge in [0, 0.05) is 24.6 Å². The van der Waals surface area contributed by atoms with Crippen molar-refractivity contribution >= 4 is 25.9 Å². The van der Waals surface area contributed by atoms with Crippen LogP contribution in [-0.2, 0) is 9.16 Å². The molecule has 0 spiro atoms. The number of hydrogen-bond acceptors (Lipinski definition) is 5. The molecule has 7 heteroatoms. The first kappa shape index (κ1) is 25.3. The van der Waals surface area contributed by atoms with E-state index in [0.29, 0.717) is 18.5 Å². The molecule has 1 aliphatic rings. The highest BCUT2D eigenvalue weighted by Crippen LogP contribution is 2.39. The molecule has 0 saturated carbocycles. The number of nitrogens with zero attached hydrogens (tertiary/aromatic N) is 1. The summed E-state index contributed by atoms with van der Waals surface area (Å²) in [5, 5.41) is 8.45. The molecule has 1 fully saturated rings. The minimum absolute atomic E-state index is 0.00210. The largest absolute Gasteiger partial charge is 0.444 e. The number of rotatable bonds is 6. The molecule has 1 saturated heterocycles. The van der Waals surface area contributed by atoms with E-state index in [4.69, 9.17) is 14.6 Å². The second-order valence-electron chi connectivity index (χ2n) is 10.9. The SMILES string of the molecule is CC(C)(C)OC(=O)N1C[C@H](O[Si](C)(C)C(C)(C)C)C[C@H]1CC(=N)C(=O)c1ccccc1. The third kappa shape index (κ3) is 6.74. The molecule has 1 amide bonds. The van der Waals surface area contributed by atoms with Crippen LogP contribution in [0.15, 0.2) is 30.3 Å². The maximum Gasteiger partial charge on any atom is 0.410 e. The third-order valence-electron chi connectivity index (χ3n) is 6.02. The van der Waals surface area contributed by atoms with Crippen LogP contribution in [0.5, 0.6) is 0 Å². The van der Waals surface area contributed by atoms with Gasteiger partial charge in [0.1, 0.15) is 5.60 Å². The molecule has 2 atom stereocenters. The number of carbonyl (C=O) groups excluding carboxylic acids is 2. The van der Waals surface area contributed by atoms with E-state index in [1.165, 1.54) is 0 Å². The standard InChI is InChI=1S/C24H38N2O4Si/c1-23(2,3)29-22(28)26-16-19(30-31(7,8)24(4,5)6)14-18(26)15-20(25)21(27)17-12-10-9-11-13-17/h9-13,18-19,25H,14-16H2,1-8H3/t18-,19+/m0/s1. The first-order valence-electron chi connectivity index (χ1n) is 11.0. The molecule has 6 nitrogen and oxygen atoms in total. The van der Waals surface area contributed by atoms with Gasteiger partial charge in [-0.05, 0) is 45.3 Å². The first-order chi connectivity index (χ1) is 14.1. The molecule has 1 aliphatic heterocycles. The first-order valence-corrected chi connectivity index (χ1v) is 13.9. The predicted molar refractivity (Wildman–Crippen MR) is 127 cm³/mol. The Kier molecular flexibility index (Phi) is 7.54. The van der Waals surface area contributed by atoms with Gasteiger partial charge in [0.05, 0.1) is 11.8 Å². The summed E-state index contributed by atoms with van der Waals surface area (Å²) in [5.74, 6) is -0.307. The summed E-state index contributed by atoms with van der Waals surface area (Å²) >= 11 is 0. The highest BCUT2D eigenvalue weighted by molar-refractivity contribution is 6.74. The number of likely N-dealkylation sites (tertiary alicyclic amines) is 1. The van der Waals surface area contributed by atoms with Gasteiger partial charge in [0.25, 0.3) is 0 Å². The minimum atomic E-state index is -2.02. The molecule has 172 valence electrons. The zero-order chi connectivity index (χ0) is 23.6. The molecular weight excluding hydrogens is 408 g/mol. The van der Waals surface area contributed by atoms with Crippen molar-refractivity contribution in [3.8, 4) is 0 Å². The van der Waals surface area contributed by atoms with Crippen LogP contribution >= 0.6 is 0 Å². The molecule has 0 bridgehead atoms. The summed E-state index contributed by atoms with van der Waals surface area (Å²) in [4.78, 5) is 27.2. The smallest absolute Gasteiger partial charge is 0.410 e. The van der Waals surface area contributed by atoms with Gasteiger partial charge in [-0.1, -0.05) is 51.1 Å². The highest BCUT2D eigenvalue weighted by atomic mass is 28.4. The van der Waals surface area contributed by atoms with Crippen molar-refractivity contribution in [3.63, 3.8) is 0 Å². The van der Waals surface area contributed by atoms with Crippen molar-refractivity contribution in [1.29, 1.82) is 5.41 Å². The molecule has 1 heterocycles. The topological polar surface area (TPSA) is 79.7 Å². The van der Waals surface area contributed by atoms with Crippen LogP contribution in [0.4, 0.5) is 4.79 Å². The predicted octanol–water partition coefficient (Wildman–Crippen LogP) is 5.68. The van der Waals surface area contributed by atoms with E-state index in [9.17, 15) is 9.59 Å². The van der Waals surface area contributed by atoms with Crippen LogP contribution in [0.1, 0.15) is 64.7 Å². The monoisotopic (exact) mass is 446 g/mol. The zero-order valence-electron chi connectivity index (χ0n) is 20.2. The van der Waals surface area contributed by atoms with Crippen molar-refractivity contribution in [2.75, 3.05) is 6.54 Å². The molecule has 0 radical (unpaired) electrons. The van der Waals surface area contributed by atoms with Crippen molar-refractivity contribution in [3.05, 3.63) is 35.9 Å². The van der Waals surface area contributed by atoms with Gasteiger partial charge in [0.15, 0.2) is 8.32 Å². The van der Waals surface area contributed by atoms with Crippen molar-refractivity contribution in [2.24, 2.45) is 0 Å². The van der Waals surface area contributed by atoms with Crippen molar-refractivity contribution < 1.29 is 18.8 Å². The fourth-order valence-electron chi connectivity index (χ4n) is 3.38. The molecule has 1 aromatic carbocycles. The summed E-state index contributed by atoms with van der Waals surface area (Å²) in [6, 6.07) is 8.52. The van der Waals surface area contributed by atoms with Gasteiger partial charge in [0.2, 0.25) is 5.78 Å². The van der Waals surface area contributed by atoms with Crippen LogP contribution in [0, 0.1) is 5.41 Å². The quantitative estimate of drug-likeness (QED) is 0.346. The lowest BCUT2D eigenvalue weighted by Gasteiger charge is -2.38.